The Bertz CT molecular complexity index is 1010. The summed E-state index contributed by atoms with van der Waals surface area (Å²) in [6, 6.07) is 15.2. The Hall–Kier alpha value is -3.28. The topological polar surface area (TPSA) is 64.8 Å². The van der Waals surface area contributed by atoms with E-state index < -0.39 is 0 Å². The molecule has 4 rings (SSSR count). The van der Waals surface area contributed by atoms with E-state index in [9.17, 15) is 4.79 Å². The van der Waals surface area contributed by atoms with Crippen LogP contribution in [0.15, 0.2) is 59.1 Å². The fourth-order valence-electron chi connectivity index (χ4n) is 3.98. The maximum atomic E-state index is 13.1. The zero-order chi connectivity index (χ0) is 20.9. The number of benzene rings is 2. The molecule has 1 amide bonds. The summed E-state index contributed by atoms with van der Waals surface area (Å²) < 4.78 is 16.9. The molecule has 1 atom stereocenters. The van der Waals surface area contributed by atoms with E-state index in [0.29, 0.717) is 30.2 Å². The molecule has 0 bridgehead atoms. The second-order valence-corrected chi connectivity index (χ2v) is 7.44. The summed E-state index contributed by atoms with van der Waals surface area (Å²) in [5, 5.41) is 0. The second-order valence-electron chi connectivity index (χ2n) is 7.44. The maximum absolute atomic E-state index is 13.1. The number of carbonyl (C=O) groups excluding carboxylic acids is 1. The standard InChI is InChI=1S/C24H26N2O4/c1-28-21-11-5-3-8-17(21)14-19-15-25-23(30-19)18-9-7-13-26(16-18)24(27)20-10-4-6-12-22(20)29-2/h3-6,8,10-12,15,18H,7,9,13-14,16H2,1-2H3/t18-/m0/s1. The van der Waals surface area contributed by atoms with Crippen LogP contribution in [0.5, 0.6) is 11.5 Å². The Kier molecular flexibility index (Phi) is 6.02. The van der Waals surface area contributed by atoms with Gasteiger partial charge in [-0.1, -0.05) is 30.3 Å². The van der Waals surface area contributed by atoms with E-state index in [0.717, 1.165) is 36.5 Å². The molecule has 6 nitrogen and oxygen atoms in total. The third-order valence-corrected chi connectivity index (χ3v) is 5.52. The van der Waals surface area contributed by atoms with Gasteiger partial charge in [0.2, 0.25) is 0 Å². The quantitative estimate of drug-likeness (QED) is 0.611. The summed E-state index contributed by atoms with van der Waals surface area (Å²) in [7, 11) is 3.25. The number of hydrogen-bond donors (Lipinski definition) is 0. The molecule has 1 aliphatic heterocycles. The van der Waals surface area contributed by atoms with E-state index >= 15 is 0 Å². The minimum Gasteiger partial charge on any atom is -0.496 e. The second kappa shape index (κ2) is 9.03. The number of likely N-dealkylation sites (tertiary alicyclic amines) is 1. The van der Waals surface area contributed by atoms with Gasteiger partial charge in [0.1, 0.15) is 17.3 Å². The van der Waals surface area contributed by atoms with Crippen molar-refractivity contribution in [2.24, 2.45) is 0 Å². The third-order valence-electron chi connectivity index (χ3n) is 5.52. The number of amides is 1. The molecule has 0 spiro atoms. The van der Waals surface area contributed by atoms with E-state index in [4.69, 9.17) is 13.9 Å². The SMILES string of the molecule is COc1ccccc1Cc1cnc([C@H]2CCCN(C(=O)c3ccccc3OC)C2)o1. The van der Waals surface area contributed by atoms with Crippen molar-refractivity contribution in [2.45, 2.75) is 25.2 Å². The number of rotatable bonds is 6. The van der Waals surface area contributed by atoms with E-state index in [1.807, 2.05) is 47.4 Å². The van der Waals surface area contributed by atoms with Crippen molar-refractivity contribution < 1.29 is 18.7 Å². The molecule has 1 fully saturated rings. The molecule has 2 heterocycles. The van der Waals surface area contributed by atoms with Crippen LogP contribution in [0.25, 0.3) is 0 Å². The number of oxazole rings is 1. The van der Waals surface area contributed by atoms with Crippen molar-refractivity contribution >= 4 is 5.91 Å². The number of carbonyl (C=O) groups is 1. The zero-order valence-corrected chi connectivity index (χ0v) is 17.3. The first-order chi connectivity index (χ1) is 14.7. The van der Waals surface area contributed by atoms with Gasteiger partial charge in [-0.3, -0.25) is 4.79 Å². The van der Waals surface area contributed by atoms with Gasteiger partial charge in [0.25, 0.3) is 5.91 Å². The Morgan fingerprint density at radius 2 is 1.83 bits per heavy atom. The molecule has 6 heteroatoms. The van der Waals surface area contributed by atoms with E-state index in [2.05, 4.69) is 4.98 Å². The Balaban J connectivity index is 1.47. The lowest BCUT2D eigenvalue weighted by atomic mass is 9.97. The van der Waals surface area contributed by atoms with Crippen molar-refractivity contribution in [1.82, 2.24) is 9.88 Å². The highest BCUT2D eigenvalue weighted by Gasteiger charge is 2.29. The van der Waals surface area contributed by atoms with Crippen LogP contribution >= 0.6 is 0 Å². The average Bonchev–Trinajstić information content (AvgIpc) is 3.27. The van der Waals surface area contributed by atoms with Crippen LogP contribution in [0, 0.1) is 0 Å². The largest absolute Gasteiger partial charge is 0.496 e. The van der Waals surface area contributed by atoms with Gasteiger partial charge in [-0.05, 0) is 31.0 Å². The summed E-state index contributed by atoms with van der Waals surface area (Å²) >= 11 is 0. The number of aromatic nitrogens is 1. The van der Waals surface area contributed by atoms with Gasteiger partial charge in [-0.2, -0.15) is 0 Å². The van der Waals surface area contributed by atoms with Crippen LogP contribution < -0.4 is 9.47 Å². The first-order valence-electron chi connectivity index (χ1n) is 10.2. The normalized spacial score (nSPS) is 16.3. The lowest BCUT2D eigenvalue weighted by Crippen LogP contribution is -2.39. The van der Waals surface area contributed by atoms with Crippen molar-refractivity contribution in [3.63, 3.8) is 0 Å². The molecule has 0 saturated carbocycles. The molecule has 2 aromatic carbocycles. The lowest BCUT2D eigenvalue weighted by Gasteiger charge is -2.31. The molecule has 0 unspecified atom stereocenters. The molecular weight excluding hydrogens is 380 g/mol. The smallest absolute Gasteiger partial charge is 0.257 e. The van der Waals surface area contributed by atoms with Crippen LogP contribution in [0.2, 0.25) is 0 Å². The summed E-state index contributed by atoms with van der Waals surface area (Å²) in [6.07, 6.45) is 4.26. The molecule has 1 aliphatic rings. The van der Waals surface area contributed by atoms with Crippen molar-refractivity contribution in [2.75, 3.05) is 27.3 Å². The fraction of sp³-hybridized carbons (Fsp3) is 0.333. The zero-order valence-electron chi connectivity index (χ0n) is 17.3. The monoisotopic (exact) mass is 406 g/mol. The van der Waals surface area contributed by atoms with Crippen molar-refractivity contribution in [1.29, 1.82) is 0 Å². The lowest BCUT2D eigenvalue weighted by molar-refractivity contribution is 0.0694. The summed E-state index contributed by atoms with van der Waals surface area (Å²) in [4.78, 5) is 19.4. The predicted octanol–water partition coefficient (Wildman–Crippen LogP) is 4.30. The number of piperidine rings is 1. The number of ether oxygens (including phenoxy) is 2. The van der Waals surface area contributed by atoms with Gasteiger partial charge in [-0.15, -0.1) is 0 Å². The minimum atomic E-state index is -0.0158. The van der Waals surface area contributed by atoms with Gasteiger partial charge in [-0.25, -0.2) is 4.98 Å². The average molecular weight is 406 g/mol. The van der Waals surface area contributed by atoms with Crippen molar-refractivity contribution in [3.8, 4) is 11.5 Å². The predicted molar refractivity (Wildman–Crippen MR) is 113 cm³/mol. The van der Waals surface area contributed by atoms with Gasteiger partial charge >= 0.3 is 0 Å². The van der Waals surface area contributed by atoms with E-state index in [1.165, 1.54) is 0 Å². The van der Waals surface area contributed by atoms with Crippen LogP contribution in [-0.4, -0.2) is 43.1 Å². The van der Waals surface area contributed by atoms with Gasteiger partial charge in [0.15, 0.2) is 5.89 Å². The minimum absolute atomic E-state index is 0.0158. The first-order valence-corrected chi connectivity index (χ1v) is 10.2. The first kappa shape index (κ1) is 20.0. The molecule has 1 saturated heterocycles. The highest BCUT2D eigenvalue weighted by molar-refractivity contribution is 5.97. The Labute approximate surface area is 176 Å². The number of para-hydroxylation sites is 2. The summed E-state index contributed by atoms with van der Waals surface area (Å²) in [6.45, 7) is 1.31. The van der Waals surface area contributed by atoms with Gasteiger partial charge in [0.05, 0.1) is 31.9 Å². The molecule has 0 radical (unpaired) electrons. The molecule has 0 aliphatic carbocycles. The van der Waals surface area contributed by atoms with Crippen LogP contribution in [0.4, 0.5) is 0 Å². The number of nitrogens with zero attached hydrogens (tertiary/aromatic N) is 2. The summed E-state index contributed by atoms with van der Waals surface area (Å²) in [5.74, 6) is 2.99. The van der Waals surface area contributed by atoms with Gasteiger partial charge < -0.3 is 18.8 Å². The fourth-order valence-corrected chi connectivity index (χ4v) is 3.98. The summed E-state index contributed by atoms with van der Waals surface area (Å²) in [5.41, 5.74) is 1.64. The highest BCUT2D eigenvalue weighted by Crippen LogP contribution is 2.30. The molecule has 1 aromatic heterocycles. The molecule has 30 heavy (non-hydrogen) atoms. The van der Waals surface area contributed by atoms with E-state index in [-0.39, 0.29) is 11.8 Å². The Morgan fingerprint density at radius 3 is 2.63 bits per heavy atom. The molecule has 3 aromatic rings. The maximum Gasteiger partial charge on any atom is 0.257 e. The molecule has 0 N–H and O–H groups in total. The van der Waals surface area contributed by atoms with Crippen LogP contribution in [0.1, 0.15) is 46.3 Å². The van der Waals surface area contributed by atoms with Crippen LogP contribution in [0.3, 0.4) is 0 Å². The molecule has 156 valence electrons. The number of methoxy groups -OCH3 is 2. The highest BCUT2D eigenvalue weighted by atomic mass is 16.5. The van der Waals surface area contributed by atoms with Crippen molar-refractivity contribution in [3.05, 3.63) is 77.5 Å². The third kappa shape index (κ3) is 4.17. The molecular formula is C24H26N2O4. The number of hydrogen-bond acceptors (Lipinski definition) is 5. The van der Waals surface area contributed by atoms with E-state index in [1.54, 1.807) is 26.5 Å². The van der Waals surface area contributed by atoms with Crippen LogP contribution in [-0.2, 0) is 6.42 Å². The Morgan fingerprint density at radius 1 is 1.10 bits per heavy atom. The van der Waals surface area contributed by atoms with Gasteiger partial charge in [0, 0.05) is 25.1 Å².